The molecule has 154 valence electrons. The van der Waals surface area contributed by atoms with Gasteiger partial charge in [0.15, 0.2) is 0 Å². The first-order chi connectivity index (χ1) is 14.5. The molecule has 30 heavy (non-hydrogen) atoms. The number of nitrogens with zero attached hydrogens (tertiary/aromatic N) is 3. The lowest BCUT2D eigenvalue weighted by atomic mass is 10.1. The Balaban J connectivity index is 1.55. The molecule has 4 aromatic rings. The predicted octanol–water partition coefficient (Wildman–Crippen LogP) is 5.11. The first kappa shape index (κ1) is 20.2. The fourth-order valence-electron chi connectivity index (χ4n) is 3.59. The number of aryl methyl sites for hydroxylation is 4. The van der Waals surface area contributed by atoms with Crippen LogP contribution >= 0.6 is 11.6 Å². The molecule has 1 amide bonds. The van der Waals surface area contributed by atoms with Crippen LogP contribution in [-0.2, 0) is 24.2 Å². The second-order valence-corrected chi connectivity index (χ2v) is 7.77. The Morgan fingerprint density at radius 3 is 2.70 bits per heavy atom. The number of aromatic nitrogens is 3. The van der Waals surface area contributed by atoms with E-state index in [1.54, 1.807) is 0 Å². The van der Waals surface area contributed by atoms with Crippen LogP contribution in [-0.4, -0.2) is 20.6 Å². The van der Waals surface area contributed by atoms with E-state index in [2.05, 4.69) is 27.6 Å². The molecule has 7 heteroatoms. The van der Waals surface area contributed by atoms with E-state index in [9.17, 15) is 4.79 Å². The lowest BCUT2D eigenvalue weighted by Gasteiger charge is -2.10. The van der Waals surface area contributed by atoms with Crippen LogP contribution in [0.2, 0.25) is 5.02 Å². The highest BCUT2D eigenvalue weighted by molar-refractivity contribution is 6.31. The highest BCUT2D eigenvalue weighted by atomic mass is 35.5. The molecule has 0 bridgehead atoms. The molecule has 1 N–H and O–H groups in total. The molecule has 0 atom stereocenters. The van der Waals surface area contributed by atoms with E-state index in [1.807, 2.05) is 54.8 Å². The topological polar surface area (TPSA) is 73.0 Å². The summed E-state index contributed by atoms with van der Waals surface area (Å²) in [6.45, 7) is 4.37. The minimum absolute atomic E-state index is 0.157. The molecule has 2 aromatic heterocycles. The third kappa shape index (κ3) is 4.39. The SMILES string of the molecule is Cc1noc(C)c1CC(=O)Nc1nc2cc(Cl)ccc2n1CCCc1ccccc1. The van der Waals surface area contributed by atoms with E-state index < -0.39 is 0 Å². The Bertz CT molecular complexity index is 1160. The minimum atomic E-state index is -0.157. The molecule has 0 fully saturated rings. The number of nitrogens with one attached hydrogen (secondary N) is 1. The molecule has 2 heterocycles. The van der Waals surface area contributed by atoms with Crippen LogP contribution in [0.3, 0.4) is 0 Å². The number of fused-ring (bicyclic) bond motifs is 1. The lowest BCUT2D eigenvalue weighted by Crippen LogP contribution is -2.18. The van der Waals surface area contributed by atoms with Crippen molar-refractivity contribution in [3.8, 4) is 0 Å². The second kappa shape index (κ2) is 8.71. The average molecular weight is 423 g/mol. The molecule has 0 spiro atoms. The van der Waals surface area contributed by atoms with Gasteiger partial charge in [-0.1, -0.05) is 47.1 Å². The third-order valence-corrected chi connectivity index (χ3v) is 5.41. The predicted molar refractivity (Wildman–Crippen MR) is 118 cm³/mol. The van der Waals surface area contributed by atoms with Crippen LogP contribution in [0.25, 0.3) is 11.0 Å². The third-order valence-electron chi connectivity index (χ3n) is 5.17. The van der Waals surface area contributed by atoms with Crippen molar-refractivity contribution in [3.05, 3.63) is 76.1 Å². The molecule has 0 aliphatic carbocycles. The second-order valence-electron chi connectivity index (χ2n) is 7.34. The first-order valence-corrected chi connectivity index (χ1v) is 10.3. The van der Waals surface area contributed by atoms with Crippen LogP contribution in [0.5, 0.6) is 0 Å². The fraction of sp³-hybridized carbons (Fsp3) is 0.261. The highest BCUT2D eigenvalue weighted by Gasteiger charge is 2.17. The van der Waals surface area contributed by atoms with Gasteiger partial charge in [0.05, 0.1) is 23.1 Å². The number of rotatable bonds is 7. The standard InChI is InChI=1S/C23H23ClN4O2/c1-15-19(16(2)30-27-15)14-22(29)26-23-25-20-13-18(24)10-11-21(20)28(23)12-6-9-17-7-4-3-5-8-17/h3-5,7-8,10-11,13H,6,9,12,14H2,1-2H3,(H,25,26,29). The number of hydrogen-bond donors (Lipinski definition) is 1. The van der Waals surface area contributed by atoms with Crippen molar-refractivity contribution < 1.29 is 9.32 Å². The van der Waals surface area contributed by atoms with Gasteiger partial charge in [-0.05, 0) is 50.5 Å². The average Bonchev–Trinajstić information content (AvgIpc) is 3.22. The zero-order valence-corrected chi connectivity index (χ0v) is 17.7. The van der Waals surface area contributed by atoms with Crippen LogP contribution in [0.1, 0.15) is 29.0 Å². The molecule has 0 unspecified atom stereocenters. The number of benzene rings is 2. The minimum Gasteiger partial charge on any atom is -0.361 e. The van der Waals surface area contributed by atoms with Gasteiger partial charge in [0.1, 0.15) is 5.76 Å². The van der Waals surface area contributed by atoms with Gasteiger partial charge >= 0.3 is 0 Å². The van der Waals surface area contributed by atoms with Crippen molar-refractivity contribution >= 4 is 34.5 Å². The Morgan fingerprint density at radius 1 is 1.17 bits per heavy atom. The Labute approximate surface area is 179 Å². The van der Waals surface area contributed by atoms with Gasteiger partial charge < -0.3 is 9.09 Å². The Morgan fingerprint density at radius 2 is 1.97 bits per heavy atom. The summed E-state index contributed by atoms with van der Waals surface area (Å²) in [7, 11) is 0. The summed E-state index contributed by atoms with van der Waals surface area (Å²) in [5, 5.41) is 7.49. The number of hydrogen-bond acceptors (Lipinski definition) is 4. The van der Waals surface area contributed by atoms with Gasteiger partial charge in [0.25, 0.3) is 0 Å². The van der Waals surface area contributed by atoms with Crippen molar-refractivity contribution in [2.75, 3.05) is 5.32 Å². The summed E-state index contributed by atoms with van der Waals surface area (Å²) in [6.07, 6.45) is 2.06. The summed E-state index contributed by atoms with van der Waals surface area (Å²) in [5.74, 6) is 1.03. The van der Waals surface area contributed by atoms with E-state index in [0.29, 0.717) is 16.7 Å². The molecule has 6 nitrogen and oxygen atoms in total. The summed E-state index contributed by atoms with van der Waals surface area (Å²) in [6, 6.07) is 16.0. The van der Waals surface area contributed by atoms with E-state index >= 15 is 0 Å². The quantitative estimate of drug-likeness (QED) is 0.449. The van der Waals surface area contributed by atoms with E-state index in [4.69, 9.17) is 16.1 Å². The molecule has 2 aromatic carbocycles. The summed E-state index contributed by atoms with van der Waals surface area (Å²) < 4.78 is 7.20. The number of halogens is 1. The van der Waals surface area contributed by atoms with E-state index in [-0.39, 0.29) is 12.3 Å². The van der Waals surface area contributed by atoms with Crippen molar-refractivity contribution in [1.82, 2.24) is 14.7 Å². The zero-order valence-electron chi connectivity index (χ0n) is 17.0. The highest BCUT2D eigenvalue weighted by Crippen LogP contribution is 2.24. The molecule has 0 saturated carbocycles. The van der Waals surface area contributed by atoms with Crippen LogP contribution in [0.15, 0.2) is 53.1 Å². The summed E-state index contributed by atoms with van der Waals surface area (Å²) in [4.78, 5) is 17.3. The zero-order chi connectivity index (χ0) is 21.1. The molecule has 0 saturated heterocycles. The first-order valence-electron chi connectivity index (χ1n) is 9.92. The maximum atomic E-state index is 12.7. The smallest absolute Gasteiger partial charge is 0.231 e. The molecule has 0 radical (unpaired) electrons. The molecular weight excluding hydrogens is 400 g/mol. The molecule has 0 aliphatic heterocycles. The van der Waals surface area contributed by atoms with E-state index in [1.165, 1.54) is 5.56 Å². The van der Waals surface area contributed by atoms with Gasteiger partial charge in [-0.2, -0.15) is 0 Å². The van der Waals surface area contributed by atoms with E-state index in [0.717, 1.165) is 41.7 Å². The summed E-state index contributed by atoms with van der Waals surface area (Å²) >= 11 is 6.15. The van der Waals surface area contributed by atoms with Crippen molar-refractivity contribution in [2.24, 2.45) is 0 Å². The van der Waals surface area contributed by atoms with Crippen molar-refractivity contribution in [1.29, 1.82) is 0 Å². The van der Waals surface area contributed by atoms with Gasteiger partial charge in [-0.25, -0.2) is 4.98 Å². The largest absolute Gasteiger partial charge is 0.361 e. The normalized spacial score (nSPS) is 11.2. The molecule has 4 rings (SSSR count). The lowest BCUT2D eigenvalue weighted by molar-refractivity contribution is -0.115. The monoisotopic (exact) mass is 422 g/mol. The van der Waals surface area contributed by atoms with Crippen molar-refractivity contribution in [3.63, 3.8) is 0 Å². The fourth-order valence-corrected chi connectivity index (χ4v) is 3.76. The maximum Gasteiger partial charge on any atom is 0.231 e. The van der Waals surface area contributed by atoms with Crippen LogP contribution in [0.4, 0.5) is 5.95 Å². The Kier molecular flexibility index (Phi) is 5.86. The number of carbonyl (C=O) groups excluding carboxylic acids is 1. The molecular formula is C23H23ClN4O2. The number of anilines is 1. The molecule has 0 aliphatic rings. The van der Waals surface area contributed by atoms with Crippen molar-refractivity contribution in [2.45, 2.75) is 39.7 Å². The number of carbonyl (C=O) groups is 1. The Hall–Kier alpha value is -3.12. The van der Waals surface area contributed by atoms with Crippen LogP contribution < -0.4 is 5.32 Å². The van der Waals surface area contributed by atoms with Gasteiger partial charge in [-0.15, -0.1) is 0 Å². The van der Waals surface area contributed by atoms with Gasteiger partial charge in [-0.3, -0.25) is 10.1 Å². The number of amides is 1. The summed E-state index contributed by atoms with van der Waals surface area (Å²) in [5.41, 5.74) is 4.52. The van der Waals surface area contributed by atoms with Gasteiger partial charge in [0, 0.05) is 17.1 Å². The van der Waals surface area contributed by atoms with Gasteiger partial charge in [0.2, 0.25) is 11.9 Å². The van der Waals surface area contributed by atoms with Crippen LogP contribution in [0, 0.1) is 13.8 Å². The maximum absolute atomic E-state index is 12.7. The number of imidazole rings is 1.